The van der Waals surface area contributed by atoms with Crippen LogP contribution >= 0.6 is 11.8 Å². The molecule has 0 radical (unpaired) electrons. The van der Waals surface area contributed by atoms with E-state index < -0.39 is 0 Å². The molecule has 0 aliphatic rings. The van der Waals surface area contributed by atoms with Crippen LogP contribution < -0.4 is 5.32 Å². The summed E-state index contributed by atoms with van der Waals surface area (Å²) in [6, 6.07) is 7.29. The summed E-state index contributed by atoms with van der Waals surface area (Å²) in [5.74, 6) is 7.46. The molecule has 4 heteroatoms. The molecule has 0 aliphatic carbocycles. The van der Waals surface area contributed by atoms with E-state index in [2.05, 4.69) is 24.1 Å². The van der Waals surface area contributed by atoms with Crippen molar-refractivity contribution in [2.75, 3.05) is 18.1 Å². The third kappa shape index (κ3) is 6.14. The van der Waals surface area contributed by atoms with Gasteiger partial charge in [-0.25, -0.2) is 0 Å². The van der Waals surface area contributed by atoms with Crippen molar-refractivity contribution in [3.63, 3.8) is 0 Å². The van der Waals surface area contributed by atoms with E-state index in [1.54, 1.807) is 18.2 Å². The number of benzene rings is 1. The largest absolute Gasteiger partial charge is 0.384 e. The van der Waals surface area contributed by atoms with Gasteiger partial charge in [-0.3, -0.25) is 4.79 Å². The molecular formula is C16H21NO2S. The van der Waals surface area contributed by atoms with Gasteiger partial charge in [-0.15, -0.1) is 0 Å². The van der Waals surface area contributed by atoms with Crippen molar-refractivity contribution in [3.05, 3.63) is 35.4 Å². The van der Waals surface area contributed by atoms with Gasteiger partial charge >= 0.3 is 0 Å². The second-order valence-corrected chi connectivity index (χ2v) is 5.79. The summed E-state index contributed by atoms with van der Waals surface area (Å²) in [4.78, 5) is 12.1. The van der Waals surface area contributed by atoms with Crippen molar-refractivity contribution in [1.29, 1.82) is 0 Å². The lowest BCUT2D eigenvalue weighted by Gasteiger charge is -2.13. The second-order valence-electron chi connectivity index (χ2n) is 4.40. The van der Waals surface area contributed by atoms with Gasteiger partial charge in [0.1, 0.15) is 6.61 Å². The fourth-order valence-electron chi connectivity index (χ4n) is 1.66. The smallest absolute Gasteiger partial charge is 0.251 e. The van der Waals surface area contributed by atoms with Gasteiger partial charge in [0.15, 0.2) is 0 Å². The van der Waals surface area contributed by atoms with Crippen LogP contribution in [0, 0.1) is 11.8 Å². The Morgan fingerprint density at radius 1 is 1.50 bits per heavy atom. The van der Waals surface area contributed by atoms with Gasteiger partial charge in [-0.05, 0) is 43.0 Å². The summed E-state index contributed by atoms with van der Waals surface area (Å²) in [6.07, 6.45) is 0.967. The van der Waals surface area contributed by atoms with E-state index in [4.69, 9.17) is 5.11 Å². The molecule has 0 fully saturated rings. The quantitative estimate of drug-likeness (QED) is 0.624. The predicted molar refractivity (Wildman–Crippen MR) is 85.0 cm³/mol. The fourth-order valence-corrected chi connectivity index (χ4v) is 2.47. The first-order valence-electron chi connectivity index (χ1n) is 6.75. The SMILES string of the molecule is CCSCCC(C)NC(=O)c1cccc(C#CCO)c1. The van der Waals surface area contributed by atoms with Crippen LogP contribution in [0.25, 0.3) is 0 Å². The molecule has 3 nitrogen and oxygen atoms in total. The molecule has 0 aliphatic heterocycles. The van der Waals surface area contributed by atoms with Gasteiger partial charge in [0.25, 0.3) is 5.91 Å². The first-order chi connectivity index (χ1) is 9.67. The van der Waals surface area contributed by atoms with E-state index in [9.17, 15) is 4.79 Å². The average molecular weight is 291 g/mol. The minimum atomic E-state index is -0.178. The summed E-state index contributed by atoms with van der Waals surface area (Å²) in [5.41, 5.74) is 1.34. The standard InChI is InChI=1S/C16H21NO2S/c1-3-20-11-9-13(2)17-16(19)15-8-4-6-14(12-15)7-5-10-18/h4,6,8,12-13,18H,3,9-11H2,1-2H3,(H,17,19). The number of hydrogen-bond acceptors (Lipinski definition) is 3. The predicted octanol–water partition coefficient (Wildman–Crippen LogP) is 2.29. The third-order valence-corrected chi connectivity index (χ3v) is 3.65. The van der Waals surface area contributed by atoms with Crippen LogP contribution in [0.15, 0.2) is 24.3 Å². The molecule has 0 heterocycles. The van der Waals surface area contributed by atoms with E-state index in [0.717, 1.165) is 23.5 Å². The highest BCUT2D eigenvalue weighted by molar-refractivity contribution is 7.99. The van der Waals surface area contributed by atoms with Crippen molar-refractivity contribution >= 4 is 17.7 Å². The van der Waals surface area contributed by atoms with Crippen LogP contribution in [-0.4, -0.2) is 35.2 Å². The first kappa shape index (κ1) is 16.6. The van der Waals surface area contributed by atoms with Crippen molar-refractivity contribution in [1.82, 2.24) is 5.32 Å². The van der Waals surface area contributed by atoms with Crippen molar-refractivity contribution in [2.45, 2.75) is 26.3 Å². The molecule has 1 aromatic rings. The number of thioether (sulfide) groups is 1. The molecule has 1 rings (SSSR count). The Bertz CT molecular complexity index is 491. The molecule has 108 valence electrons. The van der Waals surface area contributed by atoms with E-state index in [0.29, 0.717) is 5.56 Å². The molecule has 0 bridgehead atoms. The number of carbonyl (C=O) groups is 1. The van der Waals surface area contributed by atoms with E-state index in [-0.39, 0.29) is 18.6 Å². The zero-order valence-corrected chi connectivity index (χ0v) is 12.8. The van der Waals surface area contributed by atoms with E-state index >= 15 is 0 Å². The lowest BCUT2D eigenvalue weighted by Crippen LogP contribution is -2.32. The van der Waals surface area contributed by atoms with Gasteiger partial charge in [-0.2, -0.15) is 11.8 Å². The van der Waals surface area contributed by atoms with E-state index in [1.165, 1.54) is 0 Å². The van der Waals surface area contributed by atoms with Gasteiger partial charge in [0.05, 0.1) is 0 Å². The fraction of sp³-hybridized carbons (Fsp3) is 0.438. The molecule has 1 unspecified atom stereocenters. The Hall–Kier alpha value is -1.44. The molecule has 20 heavy (non-hydrogen) atoms. The summed E-state index contributed by atoms with van der Waals surface area (Å²) in [5, 5.41) is 11.7. The molecule has 1 amide bonds. The van der Waals surface area contributed by atoms with Crippen molar-refractivity contribution in [3.8, 4) is 11.8 Å². The highest BCUT2D eigenvalue weighted by Gasteiger charge is 2.09. The van der Waals surface area contributed by atoms with Crippen LogP contribution in [0.4, 0.5) is 0 Å². The average Bonchev–Trinajstić information content (AvgIpc) is 2.45. The molecule has 2 N–H and O–H groups in total. The third-order valence-electron chi connectivity index (χ3n) is 2.71. The van der Waals surface area contributed by atoms with Gasteiger partial charge in [-0.1, -0.05) is 24.8 Å². The maximum Gasteiger partial charge on any atom is 0.251 e. The van der Waals surface area contributed by atoms with Gasteiger partial charge in [0, 0.05) is 17.2 Å². The lowest BCUT2D eigenvalue weighted by molar-refractivity contribution is 0.0939. The molecular weight excluding hydrogens is 270 g/mol. The number of aliphatic hydroxyl groups is 1. The minimum Gasteiger partial charge on any atom is -0.384 e. The normalized spacial score (nSPS) is 11.3. The highest BCUT2D eigenvalue weighted by Crippen LogP contribution is 2.07. The minimum absolute atomic E-state index is 0.0772. The maximum atomic E-state index is 12.1. The highest BCUT2D eigenvalue weighted by atomic mass is 32.2. The first-order valence-corrected chi connectivity index (χ1v) is 7.91. The number of aliphatic hydroxyl groups excluding tert-OH is 1. The zero-order chi connectivity index (χ0) is 14.8. The Kier molecular flexibility index (Phi) is 7.86. The summed E-state index contributed by atoms with van der Waals surface area (Å²) < 4.78 is 0. The summed E-state index contributed by atoms with van der Waals surface area (Å²) >= 11 is 1.88. The zero-order valence-electron chi connectivity index (χ0n) is 12.0. The Morgan fingerprint density at radius 2 is 2.30 bits per heavy atom. The van der Waals surface area contributed by atoms with Crippen LogP contribution in [-0.2, 0) is 0 Å². The number of hydrogen-bond donors (Lipinski definition) is 2. The lowest BCUT2D eigenvalue weighted by atomic mass is 10.1. The Labute approximate surface area is 125 Å². The van der Waals surface area contributed by atoms with Crippen LogP contribution in [0.5, 0.6) is 0 Å². The molecule has 1 aromatic carbocycles. The Morgan fingerprint density at radius 3 is 3.00 bits per heavy atom. The van der Waals surface area contributed by atoms with Crippen molar-refractivity contribution in [2.24, 2.45) is 0 Å². The molecule has 0 spiro atoms. The molecule has 0 saturated carbocycles. The summed E-state index contributed by atoms with van der Waals surface area (Å²) in [7, 11) is 0. The molecule has 0 aromatic heterocycles. The summed E-state index contributed by atoms with van der Waals surface area (Å²) in [6.45, 7) is 3.97. The van der Waals surface area contributed by atoms with E-state index in [1.807, 2.05) is 24.8 Å². The van der Waals surface area contributed by atoms with Crippen LogP contribution in [0.2, 0.25) is 0 Å². The monoisotopic (exact) mass is 291 g/mol. The second kappa shape index (κ2) is 9.46. The number of nitrogens with one attached hydrogen (secondary N) is 1. The molecule has 1 atom stereocenters. The Balaban J connectivity index is 2.58. The maximum absolute atomic E-state index is 12.1. The molecule has 0 saturated heterocycles. The van der Waals surface area contributed by atoms with Gasteiger partial charge < -0.3 is 10.4 Å². The van der Waals surface area contributed by atoms with Crippen LogP contribution in [0.1, 0.15) is 36.2 Å². The number of amides is 1. The van der Waals surface area contributed by atoms with Crippen molar-refractivity contribution < 1.29 is 9.90 Å². The van der Waals surface area contributed by atoms with Gasteiger partial charge in [0.2, 0.25) is 0 Å². The van der Waals surface area contributed by atoms with Crippen LogP contribution in [0.3, 0.4) is 0 Å². The topological polar surface area (TPSA) is 49.3 Å². The number of carbonyl (C=O) groups excluding carboxylic acids is 1. The number of rotatable bonds is 6.